The Kier molecular flexibility index (Phi) is 7.38. The third kappa shape index (κ3) is 5.69. The summed E-state index contributed by atoms with van der Waals surface area (Å²) < 4.78 is 10.9. The van der Waals surface area contributed by atoms with Gasteiger partial charge in [0.25, 0.3) is 0 Å². The van der Waals surface area contributed by atoms with E-state index in [2.05, 4.69) is 22.5 Å². The Bertz CT molecular complexity index is 1030. The predicted molar refractivity (Wildman–Crippen MR) is 131 cm³/mol. The Balaban J connectivity index is 1.22. The molecule has 2 heterocycles. The van der Waals surface area contributed by atoms with Gasteiger partial charge in [-0.05, 0) is 49.6 Å². The van der Waals surface area contributed by atoms with Gasteiger partial charge in [0, 0.05) is 37.4 Å². The number of hydrogen-bond acceptors (Lipinski definition) is 6. The number of fused-ring (bicyclic) bond motifs is 1. The minimum absolute atomic E-state index is 0.0205. The van der Waals surface area contributed by atoms with Crippen LogP contribution in [0.1, 0.15) is 31.9 Å². The molecule has 182 valence electrons. The van der Waals surface area contributed by atoms with Crippen LogP contribution in [0.2, 0.25) is 0 Å². The summed E-state index contributed by atoms with van der Waals surface area (Å²) in [4.78, 5) is 29.3. The van der Waals surface area contributed by atoms with Crippen molar-refractivity contribution >= 4 is 17.5 Å². The van der Waals surface area contributed by atoms with Crippen molar-refractivity contribution in [3.05, 3.63) is 53.6 Å². The van der Waals surface area contributed by atoms with Crippen LogP contribution in [0.3, 0.4) is 0 Å². The van der Waals surface area contributed by atoms with Gasteiger partial charge in [0.1, 0.15) is 0 Å². The molecule has 0 bridgehead atoms. The molecule has 0 saturated carbocycles. The van der Waals surface area contributed by atoms with Crippen molar-refractivity contribution in [2.24, 2.45) is 0 Å². The number of carbonyl (C=O) groups excluding carboxylic acids is 2. The molecule has 0 atom stereocenters. The summed E-state index contributed by atoms with van der Waals surface area (Å²) in [5, 5.41) is 6.40. The third-order valence-corrected chi connectivity index (χ3v) is 6.54. The fraction of sp³-hybridized carbons (Fsp3) is 0.462. The van der Waals surface area contributed by atoms with Gasteiger partial charge in [-0.15, -0.1) is 0 Å². The molecule has 0 unspecified atom stereocenters. The summed E-state index contributed by atoms with van der Waals surface area (Å²) in [5.74, 6) is 1.52. The summed E-state index contributed by atoms with van der Waals surface area (Å²) >= 11 is 0. The molecule has 0 radical (unpaired) electrons. The second-order valence-electron chi connectivity index (χ2n) is 9.26. The number of ether oxygens (including phenoxy) is 2. The Morgan fingerprint density at radius 2 is 1.74 bits per heavy atom. The van der Waals surface area contributed by atoms with E-state index in [1.807, 2.05) is 61.2 Å². The van der Waals surface area contributed by atoms with Gasteiger partial charge in [0.2, 0.25) is 18.6 Å². The minimum atomic E-state index is -0.397. The van der Waals surface area contributed by atoms with Gasteiger partial charge in [-0.25, -0.2) is 0 Å². The van der Waals surface area contributed by atoms with Crippen molar-refractivity contribution in [1.29, 1.82) is 0 Å². The monoisotopic (exact) mass is 466 g/mol. The third-order valence-electron chi connectivity index (χ3n) is 6.54. The maximum Gasteiger partial charge on any atom is 0.238 e. The molecule has 34 heavy (non-hydrogen) atoms. The standard InChI is InChI=1S/C26H34N4O4/c1-4-19-7-5-6-8-21(19)28-24(31)17-29-11-13-30(14-12-29)25(32)16-27-26(2,3)20-9-10-22-23(15-20)34-18-33-22/h5-10,15,27H,4,11-14,16-18H2,1-3H3,(H,28,31). The van der Waals surface area contributed by atoms with Crippen LogP contribution in [-0.4, -0.2) is 67.7 Å². The maximum absolute atomic E-state index is 12.8. The fourth-order valence-electron chi connectivity index (χ4n) is 4.29. The van der Waals surface area contributed by atoms with Crippen LogP contribution < -0.4 is 20.1 Å². The van der Waals surface area contributed by atoms with E-state index in [9.17, 15) is 9.59 Å². The Morgan fingerprint density at radius 3 is 2.50 bits per heavy atom. The first kappa shape index (κ1) is 24.0. The van der Waals surface area contributed by atoms with E-state index in [1.54, 1.807) is 0 Å². The highest BCUT2D eigenvalue weighted by Gasteiger charge is 2.27. The maximum atomic E-state index is 12.8. The van der Waals surface area contributed by atoms with Gasteiger partial charge in [-0.1, -0.05) is 31.2 Å². The zero-order valence-corrected chi connectivity index (χ0v) is 20.2. The van der Waals surface area contributed by atoms with E-state index in [-0.39, 0.29) is 25.2 Å². The first-order chi connectivity index (χ1) is 16.4. The number of carbonyl (C=O) groups is 2. The zero-order chi connectivity index (χ0) is 24.1. The van der Waals surface area contributed by atoms with E-state index < -0.39 is 5.54 Å². The Morgan fingerprint density at radius 1 is 1.00 bits per heavy atom. The molecular formula is C26H34N4O4. The van der Waals surface area contributed by atoms with E-state index >= 15 is 0 Å². The SMILES string of the molecule is CCc1ccccc1NC(=O)CN1CCN(C(=O)CNC(C)(C)c2ccc3c(c2)OCO3)CC1. The van der Waals surface area contributed by atoms with Crippen LogP contribution in [-0.2, 0) is 21.5 Å². The number of aryl methyl sites for hydroxylation is 1. The van der Waals surface area contributed by atoms with Gasteiger partial charge < -0.3 is 19.7 Å². The highest BCUT2D eigenvalue weighted by atomic mass is 16.7. The van der Waals surface area contributed by atoms with Crippen LogP contribution in [0.5, 0.6) is 11.5 Å². The largest absolute Gasteiger partial charge is 0.454 e. The first-order valence-corrected chi connectivity index (χ1v) is 11.9. The molecule has 8 heteroatoms. The molecule has 2 N–H and O–H groups in total. The van der Waals surface area contributed by atoms with Gasteiger partial charge >= 0.3 is 0 Å². The van der Waals surface area contributed by atoms with Crippen molar-refractivity contribution in [2.45, 2.75) is 32.7 Å². The lowest BCUT2D eigenvalue weighted by Gasteiger charge is -2.35. The lowest BCUT2D eigenvalue weighted by atomic mass is 9.94. The van der Waals surface area contributed by atoms with Gasteiger partial charge in [0.05, 0.1) is 13.1 Å². The number of benzene rings is 2. The van der Waals surface area contributed by atoms with Crippen LogP contribution in [0.25, 0.3) is 0 Å². The van der Waals surface area contributed by atoms with Crippen LogP contribution in [0, 0.1) is 0 Å². The van der Waals surface area contributed by atoms with Crippen molar-refractivity contribution in [3.8, 4) is 11.5 Å². The summed E-state index contributed by atoms with van der Waals surface area (Å²) in [7, 11) is 0. The number of anilines is 1. The number of nitrogens with zero attached hydrogens (tertiary/aromatic N) is 2. The lowest BCUT2D eigenvalue weighted by molar-refractivity contribution is -0.132. The predicted octanol–water partition coefficient (Wildman–Crippen LogP) is 2.59. The molecule has 8 nitrogen and oxygen atoms in total. The van der Waals surface area contributed by atoms with Crippen LogP contribution in [0.4, 0.5) is 5.69 Å². The molecular weight excluding hydrogens is 432 g/mol. The number of rotatable bonds is 8. The summed E-state index contributed by atoms with van der Waals surface area (Å²) in [6.45, 7) is 9.58. The van der Waals surface area contributed by atoms with Crippen LogP contribution in [0.15, 0.2) is 42.5 Å². The molecule has 2 aliphatic rings. The van der Waals surface area contributed by atoms with Gasteiger partial charge in [0.15, 0.2) is 11.5 Å². The molecule has 2 aromatic carbocycles. The number of piperazine rings is 1. The Hall–Kier alpha value is -3.10. The molecule has 0 spiro atoms. The van der Waals surface area contributed by atoms with Crippen LogP contribution >= 0.6 is 0 Å². The number of hydrogen-bond donors (Lipinski definition) is 2. The van der Waals surface area contributed by atoms with Crippen molar-refractivity contribution in [1.82, 2.24) is 15.1 Å². The van der Waals surface area contributed by atoms with E-state index in [1.165, 1.54) is 0 Å². The Labute approximate surface area is 201 Å². The second kappa shape index (κ2) is 10.4. The lowest BCUT2D eigenvalue weighted by Crippen LogP contribution is -2.53. The average Bonchev–Trinajstić information content (AvgIpc) is 3.31. The molecule has 1 saturated heterocycles. The summed E-state index contributed by atoms with van der Waals surface area (Å²) in [5.41, 5.74) is 2.64. The van der Waals surface area contributed by atoms with E-state index in [0.717, 1.165) is 34.7 Å². The quantitative estimate of drug-likeness (QED) is 0.622. The molecule has 2 aromatic rings. The average molecular weight is 467 g/mol. The molecule has 1 fully saturated rings. The number of amides is 2. The van der Waals surface area contributed by atoms with E-state index in [4.69, 9.17) is 9.47 Å². The molecule has 0 aromatic heterocycles. The molecule has 2 amide bonds. The molecule has 4 rings (SSSR count). The van der Waals surface area contributed by atoms with Crippen molar-refractivity contribution < 1.29 is 19.1 Å². The fourth-order valence-corrected chi connectivity index (χ4v) is 4.29. The normalized spacial score (nSPS) is 15.9. The first-order valence-electron chi connectivity index (χ1n) is 11.9. The zero-order valence-electron chi connectivity index (χ0n) is 20.2. The second-order valence-corrected chi connectivity index (χ2v) is 9.26. The number of nitrogens with one attached hydrogen (secondary N) is 2. The van der Waals surface area contributed by atoms with Crippen molar-refractivity contribution in [3.63, 3.8) is 0 Å². The van der Waals surface area contributed by atoms with Crippen molar-refractivity contribution in [2.75, 3.05) is 51.4 Å². The molecule has 0 aliphatic carbocycles. The van der Waals surface area contributed by atoms with Gasteiger partial charge in [-0.3, -0.25) is 19.8 Å². The minimum Gasteiger partial charge on any atom is -0.454 e. The highest BCUT2D eigenvalue weighted by Crippen LogP contribution is 2.35. The van der Waals surface area contributed by atoms with E-state index in [0.29, 0.717) is 32.7 Å². The topological polar surface area (TPSA) is 83.1 Å². The number of para-hydroxylation sites is 1. The van der Waals surface area contributed by atoms with Gasteiger partial charge in [-0.2, -0.15) is 0 Å². The molecule has 2 aliphatic heterocycles. The highest BCUT2D eigenvalue weighted by molar-refractivity contribution is 5.93. The smallest absolute Gasteiger partial charge is 0.238 e. The summed E-state index contributed by atoms with van der Waals surface area (Å²) in [6.07, 6.45) is 0.872. The summed E-state index contributed by atoms with van der Waals surface area (Å²) in [6, 6.07) is 13.7.